The second-order valence-electron chi connectivity index (χ2n) is 8.11. The Morgan fingerprint density at radius 3 is 2.85 bits per heavy atom. The van der Waals surface area contributed by atoms with Crippen molar-refractivity contribution in [2.45, 2.75) is 38.5 Å². The maximum Gasteiger partial charge on any atom is 0.123 e. The molecule has 2 fully saturated rings. The Labute approximate surface area is 164 Å². The summed E-state index contributed by atoms with van der Waals surface area (Å²) in [5, 5.41) is 0. The Bertz CT molecular complexity index is 737. The molecule has 0 bridgehead atoms. The lowest BCUT2D eigenvalue weighted by molar-refractivity contribution is -0.210. The molecule has 6 heteroatoms. The van der Waals surface area contributed by atoms with Gasteiger partial charge in [0.15, 0.2) is 0 Å². The predicted octanol–water partition coefficient (Wildman–Crippen LogP) is 4.29. The summed E-state index contributed by atoms with van der Waals surface area (Å²) in [7, 11) is 0. The average Bonchev–Trinajstić information content (AvgIpc) is 3.16. The highest BCUT2D eigenvalue weighted by Gasteiger charge is 2.46. The molecule has 146 valence electrons. The quantitative estimate of drug-likeness (QED) is 0.780. The lowest BCUT2D eigenvalue weighted by Gasteiger charge is -2.50. The van der Waals surface area contributed by atoms with Crippen LogP contribution in [-0.4, -0.2) is 41.8 Å². The fourth-order valence-corrected chi connectivity index (χ4v) is 4.99. The number of ether oxygens (including phenoxy) is 2. The zero-order valence-corrected chi connectivity index (χ0v) is 16.8. The largest absolute Gasteiger partial charge is 0.370 e. The highest BCUT2D eigenvalue weighted by Crippen LogP contribution is 2.44. The summed E-state index contributed by atoms with van der Waals surface area (Å²) >= 11 is 1.70. The van der Waals surface area contributed by atoms with E-state index in [1.165, 1.54) is 17.0 Å². The Morgan fingerprint density at radius 2 is 2.15 bits per heavy atom. The number of thiazole rings is 1. The van der Waals surface area contributed by atoms with Gasteiger partial charge in [0.2, 0.25) is 0 Å². The number of nitrogens with zero attached hydrogens (tertiary/aromatic N) is 2. The molecular weight excluding hydrogens is 363 g/mol. The van der Waals surface area contributed by atoms with Crippen LogP contribution in [-0.2, 0) is 16.0 Å². The zero-order chi connectivity index (χ0) is 18.9. The van der Waals surface area contributed by atoms with Crippen LogP contribution < -0.4 is 0 Å². The predicted molar refractivity (Wildman–Crippen MR) is 104 cm³/mol. The molecule has 2 aromatic rings. The molecule has 0 N–H and O–H groups in total. The monoisotopic (exact) mass is 390 g/mol. The van der Waals surface area contributed by atoms with Crippen LogP contribution in [0.25, 0.3) is 0 Å². The summed E-state index contributed by atoms with van der Waals surface area (Å²) in [5.41, 5.74) is 2.69. The minimum atomic E-state index is -0.256. The van der Waals surface area contributed by atoms with E-state index in [1.54, 1.807) is 11.3 Å². The van der Waals surface area contributed by atoms with Gasteiger partial charge in [0.05, 0.1) is 24.8 Å². The van der Waals surface area contributed by atoms with E-state index in [0.717, 1.165) is 38.2 Å². The molecule has 2 aliphatic heterocycles. The molecule has 0 unspecified atom stereocenters. The van der Waals surface area contributed by atoms with Crippen LogP contribution in [0.2, 0.25) is 0 Å². The Kier molecular flexibility index (Phi) is 5.60. The van der Waals surface area contributed by atoms with Gasteiger partial charge in [-0.3, -0.25) is 9.88 Å². The standard InChI is InChI=1S/C21H27FN2O2S/c1-15(2)19-9-21(13-25-20(19)16-3-5-17(22)6-4-16)12-24(7-8-26-21)11-18-10-23-14-27-18/h3-6,10,14-15,19-20H,7-9,11-13H2,1-2H3/t19-,20-,21-/m0/s1. The van der Waals surface area contributed by atoms with Crippen molar-refractivity contribution in [2.24, 2.45) is 11.8 Å². The van der Waals surface area contributed by atoms with Gasteiger partial charge in [-0.2, -0.15) is 0 Å². The van der Waals surface area contributed by atoms with Gasteiger partial charge in [0, 0.05) is 30.7 Å². The van der Waals surface area contributed by atoms with Crippen LogP contribution >= 0.6 is 11.3 Å². The van der Waals surface area contributed by atoms with E-state index < -0.39 is 0 Å². The van der Waals surface area contributed by atoms with Crippen molar-refractivity contribution in [3.8, 4) is 0 Å². The molecule has 1 aromatic carbocycles. The van der Waals surface area contributed by atoms with Gasteiger partial charge in [-0.05, 0) is 36.0 Å². The van der Waals surface area contributed by atoms with E-state index in [0.29, 0.717) is 18.4 Å². The van der Waals surface area contributed by atoms with Gasteiger partial charge >= 0.3 is 0 Å². The molecule has 4 rings (SSSR count). The molecule has 3 atom stereocenters. The molecule has 0 radical (unpaired) electrons. The molecule has 4 nitrogen and oxygen atoms in total. The lowest BCUT2D eigenvalue weighted by Crippen LogP contribution is -2.58. The van der Waals surface area contributed by atoms with Gasteiger partial charge in [0.25, 0.3) is 0 Å². The summed E-state index contributed by atoms with van der Waals surface area (Å²) in [4.78, 5) is 7.93. The average molecular weight is 391 g/mol. The van der Waals surface area contributed by atoms with Crippen molar-refractivity contribution in [2.75, 3.05) is 26.3 Å². The van der Waals surface area contributed by atoms with Gasteiger partial charge in [0.1, 0.15) is 11.4 Å². The third-order valence-corrected chi connectivity index (χ3v) is 6.53. The summed E-state index contributed by atoms with van der Waals surface area (Å²) in [5.74, 6) is 0.590. The van der Waals surface area contributed by atoms with Crippen LogP contribution in [0.1, 0.15) is 36.8 Å². The lowest BCUT2D eigenvalue weighted by atomic mass is 9.75. The van der Waals surface area contributed by atoms with Gasteiger partial charge in [-0.1, -0.05) is 26.0 Å². The van der Waals surface area contributed by atoms with E-state index in [-0.39, 0.29) is 17.5 Å². The highest BCUT2D eigenvalue weighted by molar-refractivity contribution is 7.09. The number of rotatable bonds is 4. The molecule has 1 spiro atoms. The first-order valence-corrected chi connectivity index (χ1v) is 10.5. The van der Waals surface area contributed by atoms with E-state index in [9.17, 15) is 4.39 Å². The number of morpholine rings is 1. The van der Waals surface area contributed by atoms with Crippen molar-refractivity contribution < 1.29 is 13.9 Å². The fourth-order valence-electron chi connectivity index (χ4n) is 4.35. The van der Waals surface area contributed by atoms with Crippen LogP contribution in [0, 0.1) is 17.7 Å². The number of aromatic nitrogens is 1. The molecule has 3 heterocycles. The second-order valence-corrected chi connectivity index (χ2v) is 9.08. The van der Waals surface area contributed by atoms with Crippen LogP contribution in [0.5, 0.6) is 0 Å². The Balaban J connectivity index is 1.49. The SMILES string of the molecule is CC(C)[C@@H]1C[C@@]2(CO[C@H]1c1ccc(F)cc1)CN(Cc1cncs1)CCO2. The fraction of sp³-hybridized carbons (Fsp3) is 0.571. The van der Waals surface area contributed by atoms with Crippen molar-refractivity contribution in [1.29, 1.82) is 0 Å². The maximum absolute atomic E-state index is 13.3. The highest BCUT2D eigenvalue weighted by atomic mass is 32.1. The number of benzene rings is 1. The van der Waals surface area contributed by atoms with Crippen LogP contribution in [0.3, 0.4) is 0 Å². The van der Waals surface area contributed by atoms with E-state index in [1.807, 2.05) is 23.8 Å². The molecule has 27 heavy (non-hydrogen) atoms. The van der Waals surface area contributed by atoms with Crippen molar-refractivity contribution in [1.82, 2.24) is 9.88 Å². The first-order chi connectivity index (χ1) is 13.0. The number of halogens is 1. The number of hydrogen-bond acceptors (Lipinski definition) is 5. The minimum absolute atomic E-state index is 0.00306. The summed E-state index contributed by atoms with van der Waals surface area (Å²) in [6.07, 6.45) is 2.91. The third kappa shape index (κ3) is 4.24. The first kappa shape index (κ1) is 19.0. The maximum atomic E-state index is 13.3. The number of hydrogen-bond donors (Lipinski definition) is 0. The molecular formula is C21H27FN2O2S. The summed E-state index contributed by atoms with van der Waals surface area (Å²) < 4.78 is 26.0. The van der Waals surface area contributed by atoms with E-state index >= 15 is 0 Å². The van der Waals surface area contributed by atoms with Gasteiger partial charge in [-0.15, -0.1) is 11.3 Å². The molecule has 1 aromatic heterocycles. The zero-order valence-electron chi connectivity index (χ0n) is 15.9. The van der Waals surface area contributed by atoms with Crippen molar-refractivity contribution in [3.05, 3.63) is 52.2 Å². The van der Waals surface area contributed by atoms with Gasteiger partial charge in [-0.25, -0.2) is 4.39 Å². The summed E-state index contributed by atoms with van der Waals surface area (Å²) in [6.45, 7) is 8.52. The smallest absolute Gasteiger partial charge is 0.123 e. The molecule has 2 aliphatic rings. The van der Waals surface area contributed by atoms with E-state index in [2.05, 4.69) is 23.7 Å². The third-order valence-electron chi connectivity index (χ3n) is 5.77. The van der Waals surface area contributed by atoms with Crippen LogP contribution in [0.4, 0.5) is 4.39 Å². The normalized spacial score (nSPS) is 29.5. The van der Waals surface area contributed by atoms with Crippen molar-refractivity contribution in [3.63, 3.8) is 0 Å². The Hall–Kier alpha value is -1.34. The molecule has 0 saturated carbocycles. The molecule has 0 aliphatic carbocycles. The summed E-state index contributed by atoms with van der Waals surface area (Å²) in [6, 6.07) is 6.75. The molecule has 0 amide bonds. The minimum Gasteiger partial charge on any atom is -0.370 e. The Morgan fingerprint density at radius 1 is 1.33 bits per heavy atom. The van der Waals surface area contributed by atoms with Crippen molar-refractivity contribution >= 4 is 11.3 Å². The first-order valence-electron chi connectivity index (χ1n) is 9.65. The topological polar surface area (TPSA) is 34.6 Å². The molecule has 2 saturated heterocycles. The van der Waals surface area contributed by atoms with Crippen LogP contribution in [0.15, 0.2) is 36.0 Å². The van der Waals surface area contributed by atoms with E-state index in [4.69, 9.17) is 9.47 Å². The second kappa shape index (κ2) is 7.95. The van der Waals surface area contributed by atoms with Gasteiger partial charge < -0.3 is 9.47 Å².